The summed E-state index contributed by atoms with van der Waals surface area (Å²) in [5.41, 5.74) is 9.38. The maximum absolute atomic E-state index is 13.6. The molecule has 1 fully saturated rings. The van der Waals surface area contributed by atoms with Gasteiger partial charge in [0, 0.05) is 35.0 Å². The van der Waals surface area contributed by atoms with E-state index in [1.54, 1.807) is 24.4 Å². The van der Waals surface area contributed by atoms with Crippen LogP contribution in [0.3, 0.4) is 0 Å². The first kappa shape index (κ1) is 26.2. The third-order valence-electron chi connectivity index (χ3n) is 7.13. The molecule has 8 nitrogen and oxygen atoms in total. The number of rotatable bonds is 7. The highest BCUT2D eigenvalue weighted by atomic mass is 32.2. The molecule has 0 bridgehead atoms. The van der Waals surface area contributed by atoms with Crippen molar-refractivity contribution in [3.8, 4) is 11.3 Å². The molecule has 2 aromatic heterocycles. The van der Waals surface area contributed by atoms with Gasteiger partial charge in [0.2, 0.25) is 0 Å². The largest absolute Gasteiger partial charge is 0.408 e. The Bertz CT molecular complexity index is 1630. The molecular weight excluding hydrogens is 541 g/mol. The molecule has 0 saturated heterocycles. The van der Waals surface area contributed by atoms with E-state index in [0.29, 0.717) is 27.5 Å². The molecule has 4 aromatic rings. The molecule has 2 aliphatic rings. The van der Waals surface area contributed by atoms with Crippen LogP contribution in [0.2, 0.25) is 0 Å². The minimum absolute atomic E-state index is 0.0539. The summed E-state index contributed by atoms with van der Waals surface area (Å²) in [7, 11) is 0. The number of nitrogen functional groups attached to an aromatic ring is 1. The zero-order valence-electron chi connectivity index (χ0n) is 21.4. The average Bonchev–Trinajstić information content (AvgIpc) is 3.58. The second kappa shape index (κ2) is 9.84. The van der Waals surface area contributed by atoms with Crippen LogP contribution in [0, 0.1) is 0 Å². The molecule has 0 unspecified atom stereocenters. The molecule has 1 saturated carbocycles. The summed E-state index contributed by atoms with van der Waals surface area (Å²) in [6.45, 7) is 0.827. The predicted molar refractivity (Wildman–Crippen MR) is 145 cm³/mol. The molecule has 6 rings (SSSR count). The highest BCUT2D eigenvalue weighted by Crippen LogP contribution is 2.40. The molecular formula is C28H25F3N6O2S. The van der Waals surface area contributed by atoms with E-state index in [1.807, 2.05) is 30.3 Å². The van der Waals surface area contributed by atoms with Crippen molar-refractivity contribution in [3.05, 3.63) is 77.0 Å². The van der Waals surface area contributed by atoms with Gasteiger partial charge in [-0.3, -0.25) is 9.59 Å². The van der Waals surface area contributed by atoms with Gasteiger partial charge in [0.1, 0.15) is 11.6 Å². The number of alkyl halides is 3. The topological polar surface area (TPSA) is 106 Å². The molecule has 1 aliphatic heterocycles. The van der Waals surface area contributed by atoms with E-state index < -0.39 is 18.1 Å². The normalized spacial score (nSPS) is 15.9. The van der Waals surface area contributed by atoms with Crippen molar-refractivity contribution in [2.45, 2.75) is 55.2 Å². The molecule has 40 heavy (non-hydrogen) atoms. The number of halogens is 3. The minimum Gasteiger partial charge on any atom is -0.381 e. The Hall–Kier alpha value is -4.06. The second-order valence-corrected chi connectivity index (χ2v) is 11.0. The zero-order valence-corrected chi connectivity index (χ0v) is 22.2. The van der Waals surface area contributed by atoms with Crippen LogP contribution >= 0.6 is 11.8 Å². The lowest BCUT2D eigenvalue weighted by Gasteiger charge is -2.26. The number of benzene rings is 2. The van der Waals surface area contributed by atoms with E-state index in [9.17, 15) is 22.8 Å². The van der Waals surface area contributed by atoms with E-state index in [-0.39, 0.29) is 41.1 Å². The Morgan fingerprint density at radius 3 is 2.65 bits per heavy atom. The predicted octanol–water partition coefficient (Wildman–Crippen LogP) is 5.07. The summed E-state index contributed by atoms with van der Waals surface area (Å²) in [4.78, 5) is 32.3. The second-order valence-electron chi connectivity index (χ2n) is 10.0. The Balaban J connectivity index is 1.41. The van der Waals surface area contributed by atoms with Crippen LogP contribution in [0.25, 0.3) is 16.9 Å². The van der Waals surface area contributed by atoms with Crippen molar-refractivity contribution in [2.75, 3.05) is 5.73 Å². The number of nitrogens with one attached hydrogen (secondary N) is 1. The molecule has 1 aliphatic carbocycles. The van der Waals surface area contributed by atoms with Gasteiger partial charge in [0.05, 0.1) is 11.3 Å². The zero-order chi connectivity index (χ0) is 28.2. The first-order valence-corrected chi connectivity index (χ1v) is 13.8. The molecule has 206 valence electrons. The average molecular weight is 567 g/mol. The molecule has 3 N–H and O–H groups in total. The third kappa shape index (κ3) is 4.87. The van der Waals surface area contributed by atoms with Crippen molar-refractivity contribution in [3.63, 3.8) is 0 Å². The maximum Gasteiger partial charge on any atom is 0.408 e. The Labute approximate surface area is 231 Å². The number of amides is 2. The standard InChI is InChI=1S/C28H25F3N6O2S/c1-15(28(29,30)31)36-13-18-11-17(12-21(22(18)27(36)39)40-14-16-5-3-2-4-6-16)20-9-10-37-25(34-20)23(24(32)35-37)26(38)33-19-7-8-19/h2-6,9-12,15,19H,7-8,13-14H2,1H3,(H2,32,35)(H,33,38)/t15-/m0/s1. The number of fused-ring (bicyclic) bond motifs is 2. The molecule has 2 aromatic carbocycles. The van der Waals surface area contributed by atoms with E-state index in [2.05, 4.69) is 15.4 Å². The highest BCUT2D eigenvalue weighted by molar-refractivity contribution is 7.98. The van der Waals surface area contributed by atoms with Gasteiger partial charge in [-0.25, -0.2) is 9.50 Å². The molecule has 12 heteroatoms. The first-order valence-electron chi connectivity index (χ1n) is 12.8. The van der Waals surface area contributed by atoms with Crippen LogP contribution in [0.4, 0.5) is 19.0 Å². The fourth-order valence-electron chi connectivity index (χ4n) is 4.74. The van der Waals surface area contributed by atoms with Crippen LogP contribution in [0.15, 0.2) is 59.6 Å². The quantitative estimate of drug-likeness (QED) is 0.303. The van der Waals surface area contributed by atoms with Crippen LogP contribution in [-0.4, -0.2) is 49.6 Å². The van der Waals surface area contributed by atoms with Gasteiger partial charge in [-0.05, 0) is 49.1 Å². The van der Waals surface area contributed by atoms with E-state index >= 15 is 0 Å². The van der Waals surface area contributed by atoms with Crippen molar-refractivity contribution >= 4 is 35.0 Å². The van der Waals surface area contributed by atoms with E-state index in [1.165, 1.54) is 16.3 Å². The van der Waals surface area contributed by atoms with Gasteiger partial charge in [0.15, 0.2) is 11.5 Å². The molecule has 2 amide bonds. The summed E-state index contributed by atoms with van der Waals surface area (Å²) in [5.74, 6) is -0.420. The van der Waals surface area contributed by atoms with Gasteiger partial charge >= 0.3 is 6.18 Å². The fourth-order valence-corrected chi connectivity index (χ4v) is 5.82. The molecule has 3 heterocycles. The van der Waals surface area contributed by atoms with E-state index in [0.717, 1.165) is 30.2 Å². The Morgan fingerprint density at radius 2 is 1.95 bits per heavy atom. The van der Waals surface area contributed by atoms with Gasteiger partial charge in [-0.15, -0.1) is 16.9 Å². The Kier molecular flexibility index (Phi) is 6.44. The monoisotopic (exact) mass is 566 g/mol. The van der Waals surface area contributed by atoms with Gasteiger partial charge in [0.25, 0.3) is 11.8 Å². The highest BCUT2D eigenvalue weighted by Gasteiger charge is 2.45. The molecule has 1 atom stereocenters. The number of hydrogen-bond acceptors (Lipinski definition) is 6. The fraction of sp³-hybridized carbons (Fsp3) is 0.286. The summed E-state index contributed by atoms with van der Waals surface area (Å²) >= 11 is 1.38. The number of nitrogens with zero attached hydrogens (tertiary/aromatic N) is 4. The number of thioether (sulfide) groups is 1. The number of aromatic nitrogens is 3. The summed E-state index contributed by atoms with van der Waals surface area (Å²) in [6.07, 6.45) is -1.10. The first-order chi connectivity index (χ1) is 19.1. The number of anilines is 1. The lowest BCUT2D eigenvalue weighted by molar-refractivity contribution is -0.172. The van der Waals surface area contributed by atoms with Gasteiger partial charge in [-0.1, -0.05) is 30.3 Å². The van der Waals surface area contributed by atoms with Crippen LogP contribution in [0.1, 0.15) is 51.6 Å². The maximum atomic E-state index is 13.6. The van der Waals surface area contributed by atoms with Gasteiger partial charge in [-0.2, -0.15) is 13.2 Å². The summed E-state index contributed by atoms with van der Waals surface area (Å²) < 4.78 is 42.2. The van der Waals surface area contributed by atoms with Crippen molar-refractivity contribution in [2.24, 2.45) is 0 Å². The lowest BCUT2D eigenvalue weighted by Crippen LogP contribution is -2.43. The van der Waals surface area contributed by atoms with Gasteiger partial charge < -0.3 is 16.0 Å². The van der Waals surface area contributed by atoms with Crippen LogP contribution in [0.5, 0.6) is 0 Å². The smallest absolute Gasteiger partial charge is 0.381 e. The number of carbonyl (C=O) groups excluding carboxylic acids is 2. The summed E-state index contributed by atoms with van der Waals surface area (Å²) in [5, 5.41) is 7.11. The number of carbonyl (C=O) groups is 2. The lowest BCUT2D eigenvalue weighted by atomic mass is 10.0. The minimum atomic E-state index is -4.55. The van der Waals surface area contributed by atoms with Crippen LogP contribution in [-0.2, 0) is 12.3 Å². The third-order valence-corrected chi connectivity index (χ3v) is 8.24. The summed E-state index contributed by atoms with van der Waals surface area (Å²) in [6, 6.07) is 13.0. The van der Waals surface area contributed by atoms with E-state index in [4.69, 9.17) is 5.73 Å². The van der Waals surface area contributed by atoms with Crippen LogP contribution < -0.4 is 11.1 Å². The Morgan fingerprint density at radius 1 is 1.20 bits per heavy atom. The van der Waals surface area contributed by atoms with Crippen molar-refractivity contribution in [1.29, 1.82) is 0 Å². The molecule has 0 spiro atoms. The SMILES string of the molecule is C[C@H](N1Cc2cc(-c3ccn4nc(N)c(C(=O)NC5CC5)c4n3)cc(SCc3ccccc3)c2C1=O)C(F)(F)F. The molecule has 0 radical (unpaired) electrons. The van der Waals surface area contributed by atoms with Crippen molar-refractivity contribution in [1.82, 2.24) is 24.8 Å². The van der Waals surface area contributed by atoms with Crippen molar-refractivity contribution < 1.29 is 22.8 Å². The number of hydrogen-bond donors (Lipinski definition) is 2. The number of nitrogens with two attached hydrogens (primary N) is 1.